The minimum absolute atomic E-state index is 0.438. The van der Waals surface area contributed by atoms with Gasteiger partial charge in [0, 0.05) is 0 Å². The molecule has 0 bridgehead atoms. The molecule has 18 heavy (non-hydrogen) atoms. The molecule has 1 aromatic carbocycles. The molecule has 8 nitrogen and oxygen atoms in total. The molecule has 1 rings (SSSR count). The number of hydrogen-bond donors (Lipinski definition) is 1. The standard InChI is InChI=1S/C10H2N6O2/c1-14-8-5(3-11)7(13)10(16(17)18)6(4-12)9(8)15-2/h13H2. The average Bonchev–Trinajstić information content (AvgIpc) is 2.36. The molecule has 0 aliphatic carbocycles. The SMILES string of the molecule is [C-]#[N+]c1c(C#N)c(N)c([N+](=O)[O-])c(C#N)c1[N+]#[C-]. The van der Waals surface area contributed by atoms with Crippen LogP contribution in [0.2, 0.25) is 0 Å². The number of nitrogen functional groups attached to an aromatic ring is 1. The average molecular weight is 238 g/mol. The van der Waals surface area contributed by atoms with Gasteiger partial charge in [0.15, 0.2) is 0 Å². The lowest BCUT2D eigenvalue weighted by Gasteiger charge is -2.06. The quantitative estimate of drug-likeness (QED) is 0.346. The maximum absolute atomic E-state index is 10.8. The molecule has 0 amide bonds. The van der Waals surface area contributed by atoms with Crippen LogP contribution in [0.15, 0.2) is 0 Å². The van der Waals surface area contributed by atoms with Crippen molar-refractivity contribution in [2.75, 3.05) is 5.73 Å². The first-order valence-electron chi connectivity index (χ1n) is 4.22. The van der Waals surface area contributed by atoms with Gasteiger partial charge in [0.2, 0.25) is 11.4 Å². The number of benzene rings is 1. The van der Waals surface area contributed by atoms with E-state index in [0.717, 1.165) is 0 Å². The summed E-state index contributed by atoms with van der Waals surface area (Å²) in [5.41, 5.74) is 2.01. The molecule has 0 fully saturated rings. The Bertz CT molecular complexity index is 723. The Balaban J connectivity index is 4.11. The van der Waals surface area contributed by atoms with Crippen molar-refractivity contribution in [1.29, 1.82) is 10.5 Å². The highest BCUT2D eigenvalue weighted by Gasteiger charge is 2.29. The zero-order chi connectivity index (χ0) is 13.9. The molecule has 84 valence electrons. The minimum Gasteiger partial charge on any atom is -0.393 e. The number of anilines is 1. The Morgan fingerprint density at radius 3 is 1.94 bits per heavy atom. The van der Waals surface area contributed by atoms with Crippen LogP contribution in [0.3, 0.4) is 0 Å². The summed E-state index contributed by atoms with van der Waals surface area (Å²) in [6, 6.07) is 3.02. The van der Waals surface area contributed by atoms with Crippen molar-refractivity contribution < 1.29 is 4.92 Å². The molecule has 0 radical (unpaired) electrons. The third kappa shape index (κ3) is 1.53. The van der Waals surface area contributed by atoms with Gasteiger partial charge in [-0.05, 0) is 0 Å². The van der Waals surface area contributed by atoms with Gasteiger partial charge in [0.25, 0.3) is 5.69 Å². The highest BCUT2D eigenvalue weighted by atomic mass is 16.6. The van der Waals surface area contributed by atoms with Gasteiger partial charge in [-0.25, -0.2) is 9.69 Å². The molecule has 2 N–H and O–H groups in total. The summed E-state index contributed by atoms with van der Waals surface area (Å²) in [6.07, 6.45) is 0. The van der Waals surface area contributed by atoms with Crippen molar-refractivity contribution in [3.05, 3.63) is 44.1 Å². The monoisotopic (exact) mass is 238 g/mol. The maximum atomic E-state index is 10.8. The summed E-state index contributed by atoms with van der Waals surface area (Å²) in [4.78, 5) is 15.7. The molecule has 0 saturated carbocycles. The smallest absolute Gasteiger partial charge is 0.298 e. The second kappa shape index (κ2) is 4.49. The van der Waals surface area contributed by atoms with Gasteiger partial charge in [-0.3, -0.25) is 10.1 Å². The molecule has 0 aliphatic rings. The topological polar surface area (TPSA) is 125 Å². The van der Waals surface area contributed by atoms with Crippen LogP contribution in [0.1, 0.15) is 11.1 Å². The molecule has 0 aliphatic heterocycles. The molecular formula is C10H2N6O2. The van der Waals surface area contributed by atoms with Gasteiger partial charge in [-0.2, -0.15) is 10.5 Å². The number of rotatable bonds is 1. The summed E-state index contributed by atoms with van der Waals surface area (Å²) >= 11 is 0. The number of nitrogens with zero attached hydrogens (tertiary/aromatic N) is 5. The lowest BCUT2D eigenvalue weighted by atomic mass is 10.0. The molecule has 0 unspecified atom stereocenters. The zero-order valence-electron chi connectivity index (χ0n) is 8.63. The van der Waals surface area contributed by atoms with E-state index >= 15 is 0 Å². The van der Waals surface area contributed by atoms with Crippen LogP contribution in [-0.2, 0) is 0 Å². The second-order valence-electron chi connectivity index (χ2n) is 2.91. The molecule has 8 heteroatoms. The molecule has 0 heterocycles. The minimum atomic E-state index is -0.947. The first-order chi connectivity index (χ1) is 8.53. The van der Waals surface area contributed by atoms with E-state index in [1.807, 2.05) is 0 Å². The van der Waals surface area contributed by atoms with Gasteiger partial charge >= 0.3 is 0 Å². The van der Waals surface area contributed by atoms with E-state index in [2.05, 4.69) is 9.69 Å². The van der Waals surface area contributed by atoms with Crippen LogP contribution in [0.4, 0.5) is 22.7 Å². The van der Waals surface area contributed by atoms with Crippen LogP contribution in [-0.4, -0.2) is 4.92 Å². The van der Waals surface area contributed by atoms with Crippen molar-refractivity contribution in [3.63, 3.8) is 0 Å². The predicted molar refractivity (Wildman–Crippen MR) is 59.5 cm³/mol. The number of hydrogen-bond acceptors (Lipinski definition) is 5. The normalized spacial score (nSPS) is 8.44. The van der Waals surface area contributed by atoms with Crippen molar-refractivity contribution >= 4 is 22.7 Å². The maximum Gasteiger partial charge on any atom is 0.298 e. The number of nitrogens with two attached hydrogens (primary N) is 1. The zero-order valence-corrected chi connectivity index (χ0v) is 8.63. The lowest BCUT2D eigenvalue weighted by Crippen LogP contribution is -2.02. The molecule has 1 aromatic rings. The van der Waals surface area contributed by atoms with Gasteiger partial charge in [0.05, 0.1) is 35.8 Å². The fourth-order valence-electron chi connectivity index (χ4n) is 1.36. The fourth-order valence-corrected chi connectivity index (χ4v) is 1.36. The highest BCUT2D eigenvalue weighted by molar-refractivity contribution is 5.93. The van der Waals surface area contributed by atoms with Crippen LogP contribution < -0.4 is 5.73 Å². The third-order valence-electron chi connectivity index (χ3n) is 2.09. The molecule has 0 aromatic heterocycles. The Kier molecular flexibility index (Phi) is 3.10. The first kappa shape index (κ1) is 12.4. The number of nitro benzene ring substituents is 1. The Hall–Kier alpha value is -3.62. The van der Waals surface area contributed by atoms with E-state index in [-0.39, 0.29) is 0 Å². The highest BCUT2D eigenvalue weighted by Crippen LogP contribution is 2.45. The van der Waals surface area contributed by atoms with Gasteiger partial charge in [0.1, 0.15) is 11.3 Å². The molecule has 0 spiro atoms. The van der Waals surface area contributed by atoms with Gasteiger partial charge in [-0.1, -0.05) is 0 Å². The van der Waals surface area contributed by atoms with E-state index < -0.39 is 38.8 Å². The van der Waals surface area contributed by atoms with Crippen molar-refractivity contribution in [2.45, 2.75) is 0 Å². The molecule has 0 saturated heterocycles. The van der Waals surface area contributed by atoms with Crippen molar-refractivity contribution in [3.8, 4) is 12.1 Å². The van der Waals surface area contributed by atoms with E-state index in [9.17, 15) is 10.1 Å². The summed E-state index contributed by atoms with van der Waals surface area (Å²) in [7, 11) is 0. The number of nitro groups is 1. The van der Waals surface area contributed by atoms with Gasteiger partial charge < -0.3 is 5.73 Å². The van der Waals surface area contributed by atoms with Crippen LogP contribution in [0, 0.1) is 45.9 Å². The third-order valence-corrected chi connectivity index (χ3v) is 2.09. The van der Waals surface area contributed by atoms with Crippen LogP contribution >= 0.6 is 0 Å². The van der Waals surface area contributed by atoms with E-state index in [4.69, 9.17) is 29.4 Å². The molecular weight excluding hydrogens is 236 g/mol. The van der Waals surface area contributed by atoms with E-state index in [0.29, 0.717) is 0 Å². The largest absolute Gasteiger partial charge is 0.393 e. The van der Waals surface area contributed by atoms with Crippen molar-refractivity contribution in [2.24, 2.45) is 0 Å². The summed E-state index contributed by atoms with van der Waals surface area (Å²) in [5, 5.41) is 28.5. The first-order valence-corrected chi connectivity index (χ1v) is 4.22. The van der Waals surface area contributed by atoms with E-state index in [1.165, 1.54) is 6.07 Å². The second-order valence-corrected chi connectivity index (χ2v) is 2.91. The van der Waals surface area contributed by atoms with Crippen LogP contribution in [0.25, 0.3) is 9.69 Å². The fraction of sp³-hybridized carbons (Fsp3) is 0. The van der Waals surface area contributed by atoms with Crippen LogP contribution in [0.5, 0.6) is 0 Å². The van der Waals surface area contributed by atoms with E-state index in [1.54, 1.807) is 6.07 Å². The predicted octanol–water partition coefficient (Wildman–Crippen LogP) is 2.02. The summed E-state index contributed by atoms with van der Waals surface area (Å²) in [6.45, 7) is 13.7. The molecule has 0 atom stereocenters. The summed E-state index contributed by atoms with van der Waals surface area (Å²) < 4.78 is 0. The Labute approximate surface area is 101 Å². The lowest BCUT2D eigenvalue weighted by molar-refractivity contribution is -0.384. The van der Waals surface area contributed by atoms with Gasteiger partial charge in [-0.15, -0.1) is 0 Å². The Morgan fingerprint density at radius 1 is 1.17 bits per heavy atom. The summed E-state index contributed by atoms with van der Waals surface area (Å²) in [5.74, 6) is 0. The Morgan fingerprint density at radius 2 is 1.61 bits per heavy atom. The number of nitriles is 2. The van der Waals surface area contributed by atoms with Crippen molar-refractivity contribution in [1.82, 2.24) is 0 Å².